The van der Waals surface area contributed by atoms with Crippen molar-refractivity contribution in [3.05, 3.63) is 35.5 Å². The molecular weight excluding hydrogens is 492 g/mol. The maximum Gasteiger partial charge on any atom is 0.304 e. The number of hydrogen-bond donors (Lipinski definition) is 4. The lowest BCUT2D eigenvalue weighted by atomic mass is 9.82. The summed E-state index contributed by atoms with van der Waals surface area (Å²) in [6.07, 6.45) is 9.54. The molecule has 3 heterocycles. The molecule has 0 radical (unpaired) electrons. The van der Waals surface area contributed by atoms with Gasteiger partial charge >= 0.3 is 5.97 Å². The van der Waals surface area contributed by atoms with Gasteiger partial charge in [0.25, 0.3) is 0 Å². The lowest BCUT2D eigenvalue weighted by Gasteiger charge is -2.30. The third-order valence-corrected chi connectivity index (χ3v) is 7.10. The normalized spacial score (nSPS) is 18.1. The maximum absolute atomic E-state index is 10.4. The molecule has 1 saturated carbocycles. The topological polar surface area (TPSA) is 146 Å². The van der Waals surface area contributed by atoms with Crippen LogP contribution in [0.25, 0.3) is 11.3 Å². The van der Waals surface area contributed by atoms with Crippen LogP contribution >= 0.6 is 11.6 Å². The predicted molar refractivity (Wildman–Crippen MR) is 145 cm³/mol. The Hall–Kier alpha value is -2.93. The molecule has 2 fully saturated rings. The van der Waals surface area contributed by atoms with Crippen LogP contribution < -0.4 is 16.4 Å². The van der Waals surface area contributed by atoms with Crippen LogP contribution in [0.1, 0.15) is 58.3 Å². The van der Waals surface area contributed by atoms with Gasteiger partial charge in [-0.2, -0.15) is 5.26 Å². The van der Waals surface area contributed by atoms with Crippen LogP contribution in [0.3, 0.4) is 0 Å². The summed E-state index contributed by atoms with van der Waals surface area (Å²) in [5.41, 5.74) is 6.76. The number of nitriles is 1. The summed E-state index contributed by atoms with van der Waals surface area (Å²) >= 11 is 6.19. The number of nitrogens with zero attached hydrogens (tertiary/aromatic N) is 3. The Bertz CT molecular complexity index is 1060. The van der Waals surface area contributed by atoms with Gasteiger partial charge in [-0.3, -0.25) is 4.79 Å². The zero-order valence-corrected chi connectivity index (χ0v) is 22.1. The van der Waals surface area contributed by atoms with Gasteiger partial charge in [-0.1, -0.05) is 36.9 Å². The lowest BCUT2D eigenvalue weighted by molar-refractivity contribution is -0.137. The zero-order chi connectivity index (χ0) is 26.7. The Kier molecular flexibility index (Phi) is 10.9. The highest BCUT2D eigenvalue weighted by Gasteiger charge is 2.32. The molecule has 0 aromatic carbocycles. The van der Waals surface area contributed by atoms with Crippen molar-refractivity contribution in [1.29, 1.82) is 5.26 Å². The zero-order valence-electron chi connectivity index (χ0n) is 21.4. The number of rotatable bonds is 8. The molecule has 10 heteroatoms. The van der Waals surface area contributed by atoms with Crippen molar-refractivity contribution < 1.29 is 14.6 Å². The van der Waals surface area contributed by atoms with E-state index in [1.165, 1.54) is 38.3 Å². The summed E-state index contributed by atoms with van der Waals surface area (Å²) in [5.74, 6) is 0.371. The molecule has 0 bridgehead atoms. The van der Waals surface area contributed by atoms with Crippen molar-refractivity contribution in [2.24, 2.45) is 5.41 Å². The molecule has 2 aliphatic rings. The molecule has 2 aromatic heterocycles. The Morgan fingerprint density at radius 1 is 1.32 bits per heavy atom. The van der Waals surface area contributed by atoms with Gasteiger partial charge in [-0.25, -0.2) is 9.97 Å². The van der Waals surface area contributed by atoms with E-state index in [2.05, 4.69) is 26.7 Å². The number of nitrogens with two attached hydrogens (primary N) is 1. The quantitative estimate of drug-likeness (QED) is 0.376. The SMILES string of the molecule is C[C@H](CC(=O)O)NC1CCCCC1.N#CC1(CNc2cccc(-c3cc(N)ncc3Cl)n2)CCOCC1. The van der Waals surface area contributed by atoms with Crippen LogP contribution in [0.2, 0.25) is 5.02 Å². The van der Waals surface area contributed by atoms with Gasteiger partial charge in [-0.15, -0.1) is 0 Å². The first-order valence-electron chi connectivity index (χ1n) is 12.9. The first kappa shape index (κ1) is 28.6. The molecule has 0 amide bonds. The number of carboxylic acid groups (broad SMARTS) is 1. The summed E-state index contributed by atoms with van der Waals surface area (Å²) < 4.78 is 5.35. The number of aromatic nitrogens is 2. The predicted octanol–water partition coefficient (Wildman–Crippen LogP) is 4.88. The van der Waals surface area contributed by atoms with Gasteiger partial charge < -0.3 is 26.2 Å². The van der Waals surface area contributed by atoms with Crippen LogP contribution in [0.4, 0.5) is 11.6 Å². The number of carboxylic acids is 1. The summed E-state index contributed by atoms with van der Waals surface area (Å²) in [4.78, 5) is 18.9. The molecule has 1 saturated heterocycles. The van der Waals surface area contributed by atoms with Crippen LogP contribution in [-0.4, -0.2) is 52.9 Å². The monoisotopic (exact) mass is 528 g/mol. The van der Waals surface area contributed by atoms with E-state index in [1.54, 1.807) is 6.07 Å². The standard InChI is InChI=1S/C17H18ClN5O.C10H19NO2/c18-13-9-21-15(20)8-12(13)14-2-1-3-16(23-14)22-11-17(10-19)4-6-24-7-5-17;1-8(7-10(12)13)11-9-5-3-2-4-6-9/h1-3,8-9H,4-7,11H2,(H2,20,21)(H,22,23);8-9,11H,2-7H2,1H3,(H,12,13)/t;8-/m.1/s1. The fourth-order valence-electron chi connectivity index (χ4n) is 4.68. The third-order valence-electron chi connectivity index (χ3n) is 6.80. The van der Waals surface area contributed by atoms with Crippen molar-refractivity contribution in [2.45, 2.75) is 70.4 Å². The van der Waals surface area contributed by atoms with Crippen molar-refractivity contribution in [3.8, 4) is 17.3 Å². The van der Waals surface area contributed by atoms with Crippen molar-refractivity contribution >= 4 is 29.2 Å². The molecule has 0 spiro atoms. The average molecular weight is 529 g/mol. The minimum absolute atomic E-state index is 0.112. The van der Waals surface area contributed by atoms with E-state index in [4.69, 9.17) is 27.2 Å². The highest BCUT2D eigenvalue weighted by Crippen LogP contribution is 2.31. The highest BCUT2D eigenvalue weighted by molar-refractivity contribution is 6.33. The number of nitrogens with one attached hydrogen (secondary N) is 2. The molecule has 1 aliphatic carbocycles. The summed E-state index contributed by atoms with van der Waals surface area (Å²) in [6.45, 7) is 3.72. The number of carbonyl (C=O) groups is 1. The van der Waals surface area contributed by atoms with Gasteiger partial charge in [0.05, 0.1) is 28.6 Å². The van der Waals surface area contributed by atoms with Crippen LogP contribution in [-0.2, 0) is 9.53 Å². The van der Waals surface area contributed by atoms with Crippen LogP contribution in [0.15, 0.2) is 30.5 Å². The van der Waals surface area contributed by atoms with E-state index in [0.717, 1.165) is 18.4 Å². The van der Waals surface area contributed by atoms with Crippen molar-refractivity contribution in [3.63, 3.8) is 0 Å². The van der Waals surface area contributed by atoms with Gasteiger partial charge in [-0.05, 0) is 50.8 Å². The molecule has 2 aromatic rings. The first-order chi connectivity index (χ1) is 17.8. The van der Waals surface area contributed by atoms with Gasteiger partial charge in [0.15, 0.2) is 0 Å². The van der Waals surface area contributed by atoms with Gasteiger partial charge in [0.2, 0.25) is 0 Å². The highest BCUT2D eigenvalue weighted by atomic mass is 35.5. The lowest BCUT2D eigenvalue weighted by Crippen LogP contribution is -2.38. The van der Waals surface area contributed by atoms with Gasteiger partial charge in [0, 0.05) is 43.6 Å². The van der Waals surface area contributed by atoms with E-state index in [9.17, 15) is 10.1 Å². The van der Waals surface area contributed by atoms with E-state index in [-0.39, 0.29) is 12.5 Å². The number of nitrogen functional groups attached to an aromatic ring is 1. The Morgan fingerprint density at radius 2 is 2.05 bits per heavy atom. The minimum atomic E-state index is -0.712. The molecule has 4 rings (SSSR count). The number of halogens is 1. The third kappa shape index (κ3) is 9.15. The molecule has 1 aliphatic heterocycles. The molecule has 37 heavy (non-hydrogen) atoms. The minimum Gasteiger partial charge on any atom is -0.481 e. The number of anilines is 2. The van der Waals surface area contributed by atoms with E-state index < -0.39 is 11.4 Å². The number of hydrogen-bond acceptors (Lipinski definition) is 8. The van der Waals surface area contributed by atoms with Gasteiger partial charge in [0.1, 0.15) is 11.6 Å². The number of ether oxygens (including phenoxy) is 1. The summed E-state index contributed by atoms with van der Waals surface area (Å²) in [5, 5.41) is 25.2. The Balaban J connectivity index is 0.000000248. The summed E-state index contributed by atoms with van der Waals surface area (Å²) in [6, 6.07) is 10.4. The summed E-state index contributed by atoms with van der Waals surface area (Å²) in [7, 11) is 0. The second-order valence-electron chi connectivity index (χ2n) is 9.86. The number of pyridine rings is 2. The first-order valence-corrected chi connectivity index (χ1v) is 13.3. The smallest absolute Gasteiger partial charge is 0.304 e. The number of aliphatic carboxylic acids is 1. The van der Waals surface area contributed by atoms with E-state index in [1.807, 2.05) is 25.1 Å². The Morgan fingerprint density at radius 3 is 2.73 bits per heavy atom. The van der Waals surface area contributed by atoms with E-state index >= 15 is 0 Å². The molecule has 200 valence electrons. The fourth-order valence-corrected chi connectivity index (χ4v) is 4.88. The molecule has 9 nitrogen and oxygen atoms in total. The second-order valence-corrected chi connectivity index (χ2v) is 10.3. The van der Waals surface area contributed by atoms with Crippen molar-refractivity contribution in [2.75, 3.05) is 30.8 Å². The Labute approximate surface area is 223 Å². The molecule has 1 atom stereocenters. The van der Waals surface area contributed by atoms with E-state index in [0.29, 0.717) is 48.2 Å². The fraction of sp³-hybridized carbons (Fsp3) is 0.556. The maximum atomic E-state index is 10.4. The molecular formula is C27H37ClN6O3. The molecule has 0 unspecified atom stereocenters. The van der Waals surface area contributed by atoms with Crippen molar-refractivity contribution in [1.82, 2.24) is 15.3 Å². The average Bonchev–Trinajstić information content (AvgIpc) is 2.90. The second kappa shape index (κ2) is 14.1. The molecule has 5 N–H and O–H groups in total. The van der Waals surface area contributed by atoms with Crippen LogP contribution in [0.5, 0.6) is 0 Å². The van der Waals surface area contributed by atoms with Crippen LogP contribution in [0, 0.1) is 16.7 Å². The largest absolute Gasteiger partial charge is 0.481 e.